The van der Waals surface area contributed by atoms with Crippen molar-refractivity contribution in [3.8, 4) is 0 Å². The number of rotatable bonds is 2. The molecule has 0 aliphatic heterocycles. The van der Waals surface area contributed by atoms with Crippen LogP contribution in [0.3, 0.4) is 0 Å². The van der Waals surface area contributed by atoms with Crippen molar-refractivity contribution in [3.63, 3.8) is 0 Å². The van der Waals surface area contributed by atoms with Crippen molar-refractivity contribution in [2.24, 2.45) is 0 Å². The van der Waals surface area contributed by atoms with E-state index in [0.717, 1.165) is 11.2 Å². The second-order valence-electron chi connectivity index (χ2n) is 4.00. The van der Waals surface area contributed by atoms with Crippen molar-refractivity contribution >= 4 is 51.7 Å². The molecule has 0 fully saturated rings. The van der Waals surface area contributed by atoms with Gasteiger partial charge in [-0.2, -0.15) is 4.98 Å². The summed E-state index contributed by atoms with van der Waals surface area (Å²) in [5.41, 5.74) is 8.42. The van der Waals surface area contributed by atoms with Gasteiger partial charge in [0.25, 0.3) is 6.01 Å². The SMILES string of the molecule is Nc1ccc2nc(Nc3ccc(Cl)c(Cl)c3)oc2c1. The van der Waals surface area contributed by atoms with Crippen LogP contribution < -0.4 is 11.1 Å². The Morgan fingerprint density at radius 2 is 1.89 bits per heavy atom. The largest absolute Gasteiger partial charge is 0.423 e. The van der Waals surface area contributed by atoms with Gasteiger partial charge in [0.2, 0.25) is 0 Å². The Bertz CT molecular complexity index is 755. The lowest BCUT2D eigenvalue weighted by Gasteiger charge is -2.02. The van der Waals surface area contributed by atoms with Gasteiger partial charge < -0.3 is 15.5 Å². The predicted molar refractivity (Wildman–Crippen MR) is 78.2 cm³/mol. The van der Waals surface area contributed by atoms with Crippen LogP contribution in [0.25, 0.3) is 11.1 Å². The lowest BCUT2D eigenvalue weighted by molar-refractivity contribution is 0.623. The smallest absolute Gasteiger partial charge is 0.300 e. The Morgan fingerprint density at radius 1 is 1.05 bits per heavy atom. The summed E-state index contributed by atoms with van der Waals surface area (Å²) in [6.07, 6.45) is 0. The lowest BCUT2D eigenvalue weighted by Crippen LogP contribution is -1.89. The van der Waals surface area contributed by atoms with Crippen LogP contribution in [0.4, 0.5) is 17.4 Å². The molecule has 0 saturated heterocycles. The number of aromatic nitrogens is 1. The molecule has 4 nitrogen and oxygen atoms in total. The van der Waals surface area contributed by atoms with E-state index in [4.69, 9.17) is 33.4 Å². The zero-order chi connectivity index (χ0) is 13.4. The number of nitrogens with zero attached hydrogens (tertiary/aromatic N) is 1. The summed E-state index contributed by atoms with van der Waals surface area (Å²) >= 11 is 11.8. The average molecular weight is 294 g/mol. The molecule has 0 radical (unpaired) electrons. The standard InChI is InChI=1S/C13H9Cl2N3O/c14-9-3-2-8(6-10(9)15)17-13-18-11-4-1-7(16)5-12(11)19-13/h1-6H,16H2,(H,17,18). The molecule has 19 heavy (non-hydrogen) atoms. The van der Waals surface area contributed by atoms with Gasteiger partial charge in [-0.05, 0) is 30.3 Å². The minimum atomic E-state index is 0.374. The van der Waals surface area contributed by atoms with Crippen LogP contribution in [0.2, 0.25) is 10.0 Å². The van der Waals surface area contributed by atoms with E-state index >= 15 is 0 Å². The summed E-state index contributed by atoms with van der Waals surface area (Å²) in [7, 11) is 0. The Hall–Kier alpha value is -1.91. The molecule has 0 atom stereocenters. The summed E-state index contributed by atoms with van der Waals surface area (Å²) in [5, 5.41) is 3.98. The molecule has 0 aliphatic carbocycles. The first-order valence-electron chi connectivity index (χ1n) is 5.50. The van der Waals surface area contributed by atoms with Crippen molar-refractivity contribution in [1.82, 2.24) is 4.98 Å². The molecule has 0 amide bonds. The highest BCUT2D eigenvalue weighted by atomic mass is 35.5. The highest BCUT2D eigenvalue weighted by Gasteiger charge is 2.07. The van der Waals surface area contributed by atoms with E-state index in [2.05, 4.69) is 10.3 Å². The van der Waals surface area contributed by atoms with Gasteiger partial charge in [0.1, 0.15) is 5.52 Å². The van der Waals surface area contributed by atoms with Crippen LogP contribution in [0.5, 0.6) is 0 Å². The third-order valence-corrected chi connectivity index (χ3v) is 3.32. The number of oxazole rings is 1. The van der Waals surface area contributed by atoms with E-state index in [0.29, 0.717) is 27.3 Å². The molecule has 0 saturated carbocycles. The van der Waals surface area contributed by atoms with Crippen molar-refractivity contribution in [2.75, 3.05) is 11.1 Å². The lowest BCUT2D eigenvalue weighted by atomic mass is 10.3. The maximum Gasteiger partial charge on any atom is 0.300 e. The Kier molecular flexibility index (Phi) is 2.97. The first kappa shape index (κ1) is 12.1. The van der Waals surface area contributed by atoms with E-state index in [-0.39, 0.29) is 0 Å². The molecule has 3 aromatic rings. The highest BCUT2D eigenvalue weighted by molar-refractivity contribution is 6.42. The molecule has 6 heteroatoms. The number of hydrogen-bond acceptors (Lipinski definition) is 4. The van der Waals surface area contributed by atoms with Gasteiger partial charge in [0.15, 0.2) is 5.58 Å². The molecule has 0 bridgehead atoms. The van der Waals surface area contributed by atoms with Crippen LogP contribution in [0.15, 0.2) is 40.8 Å². The molecule has 0 spiro atoms. The van der Waals surface area contributed by atoms with Crippen LogP contribution in [-0.4, -0.2) is 4.98 Å². The number of nitrogen functional groups attached to an aromatic ring is 1. The average Bonchev–Trinajstić information content (AvgIpc) is 2.75. The Morgan fingerprint density at radius 3 is 2.68 bits per heavy atom. The number of hydrogen-bond donors (Lipinski definition) is 2. The topological polar surface area (TPSA) is 64.1 Å². The maximum atomic E-state index is 5.94. The van der Waals surface area contributed by atoms with Crippen molar-refractivity contribution in [3.05, 3.63) is 46.4 Å². The van der Waals surface area contributed by atoms with Gasteiger partial charge in [0.05, 0.1) is 10.0 Å². The van der Waals surface area contributed by atoms with Crippen LogP contribution >= 0.6 is 23.2 Å². The van der Waals surface area contributed by atoms with Crippen molar-refractivity contribution in [2.45, 2.75) is 0 Å². The number of nitrogens with one attached hydrogen (secondary N) is 1. The zero-order valence-corrected chi connectivity index (χ0v) is 11.2. The third kappa shape index (κ3) is 2.45. The molecule has 1 aromatic heterocycles. The highest BCUT2D eigenvalue weighted by Crippen LogP contribution is 2.28. The van der Waals surface area contributed by atoms with E-state index in [9.17, 15) is 0 Å². The fourth-order valence-corrected chi connectivity index (χ4v) is 1.99. The normalized spacial score (nSPS) is 10.8. The monoisotopic (exact) mass is 293 g/mol. The molecule has 2 aromatic carbocycles. The fourth-order valence-electron chi connectivity index (χ4n) is 1.69. The fraction of sp³-hybridized carbons (Fsp3) is 0. The Labute approximate surface area is 119 Å². The quantitative estimate of drug-likeness (QED) is 0.685. The third-order valence-electron chi connectivity index (χ3n) is 2.58. The number of fused-ring (bicyclic) bond motifs is 1. The van der Waals surface area contributed by atoms with Gasteiger partial charge >= 0.3 is 0 Å². The molecular formula is C13H9Cl2N3O. The summed E-state index contributed by atoms with van der Waals surface area (Å²) in [5.74, 6) is 0. The van der Waals surface area contributed by atoms with Crippen molar-refractivity contribution < 1.29 is 4.42 Å². The molecular weight excluding hydrogens is 285 g/mol. The van der Waals surface area contributed by atoms with E-state index in [1.807, 2.05) is 0 Å². The summed E-state index contributed by atoms with van der Waals surface area (Å²) in [6, 6.07) is 10.9. The van der Waals surface area contributed by atoms with E-state index in [1.54, 1.807) is 36.4 Å². The van der Waals surface area contributed by atoms with E-state index < -0.39 is 0 Å². The van der Waals surface area contributed by atoms with Crippen molar-refractivity contribution in [1.29, 1.82) is 0 Å². The first-order chi connectivity index (χ1) is 9.11. The van der Waals surface area contributed by atoms with Gasteiger partial charge in [-0.15, -0.1) is 0 Å². The summed E-state index contributed by atoms with van der Waals surface area (Å²) in [4.78, 5) is 4.29. The van der Waals surface area contributed by atoms with Gasteiger partial charge in [-0.3, -0.25) is 0 Å². The number of anilines is 3. The minimum absolute atomic E-state index is 0.374. The maximum absolute atomic E-state index is 5.94. The van der Waals surface area contributed by atoms with Gasteiger partial charge in [-0.25, -0.2) is 0 Å². The second-order valence-corrected chi connectivity index (χ2v) is 4.81. The zero-order valence-electron chi connectivity index (χ0n) is 9.65. The first-order valence-corrected chi connectivity index (χ1v) is 6.25. The summed E-state index contributed by atoms with van der Waals surface area (Å²) in [6.45, 7) is 0. The minimum Gasteiger partial charge on any atom is -0.423 e. The van der Waals surface area contributed by atoms with Crippen LogP contribution in [0, 0.1) is 0 Å². The molecule has 3 rings (SSSR count). The number of benzene rings is 2. The molecule has 1 heterocycles. The van der Waals surface area contributed by atoms with Crippen LogP contribution in [-0.2, 0) is 0 Å². The number of nitrogens with two attached hydrogens (primary N) is 1. The number of halogens is 2. The molecule has 96 valence electrons. The van der Waals surface area contributed by atoms with Crippen LogP contribution in [0.1, 0.15) is 0 Å². The molecule has 0 unspecified atom stereocenters. The second kappa shape index (κ2) is 4.64. The van der Waals surface area contributed by atoms with Gasteiger partial charge in [-0.1, -0.05) is 23.2 Å². The Balaban J connectivity index is 1.94. The predicted octanol–water partition coefficient (Wildman–Crippen LogP) is 4.46. The molecule has 0 aliphatic rings. The van der Waals surface area contributed by atoms with Gasteiger partial charge in [0, 0.05) is 17.4 Å². The summed E-state index contributed by atoms with van der Waals surface area (Å²) < 4.78 is 5.54. The molecule has 3 N–H and O–H groups in total. The van der Waals surface area contributed by atoms with E-state index in [1.165, 1.54) is 0 Å².